The third-order valence-electron chi connectivity index (χ3n) is 3.12. The second-order valence-electron chi connectivity index (χ2n) is 4.92. The number of aromatic nitrogens is 3. The zero-order valence-corrected chi connectivity index (χ0v) is 12.2. The molecule has 0 saturated heterocycles. The fourth-order valence-electron chi connectivity index (χ4n) is 2.22. The zero-order valence-electron chi connectivity index (χ0n) is 11.5. The summed E-state index contributed by atoms with van der Waals surface area (Å²) in [5.74, 6) is 0.947. The van der Waals surface area contributed by atoms with Gasteiger partial charge in [-0.25, -0.2) is 0 Å². The largest absolute Gasteiger partial charge is 0.319 e. The van der Waals surface area contributed by atoms with E-state index in [1.165, 1.54) is 5.56 Å². The van der Waals surface area contributed by atoms with E-state index in [4.69, 9.17) is 11.6 Å². The predicted molar refractivity (Wildman–Crippen MR) is 77.2 cm³/mol. The summed E-state index contributed by atoms with van der Waals surface area (Å²) >= 11 is 5.88. The van der Waals surface area contributed by atoms with Crippen molar-refractivity contribution in [3.8, 4) is 0 Å². The molecule has 0 aliphatic rings. The first-order valence-electron chi connectivity index (χ1n) is 6.40. The zero-order chi connectivity index (χ0) is 13.8. The second kappa shape index (κ2) is 6.17. The van der Waals surface area contributed by atoms with Crippen LogP contribution in [-0.2, 0) is 13.5 Å². The average Bonchev–Trinajstić information content (AvgIpc) is 2.78. The van der Waals surface area contributed by atoms with Crippen molar-refractivity contribution in [2.45, 2.75) is 32.4 Å². The van der Waals surface area contributed by atoms with Gasteiger partial charge in [0.05, 0.1) is 6.04 Å². The molecule has 0 saturated carbocycles. The van der Waals surface area contributed by atoms with Gasteiger partial charge in [-0.05, 0) is 38.0 Å². The molecule has 1 aromatic carbocycles. The summed E-state index contributed by atoms with van der Waals surface area (Å²) in [5, 5.41) is 12.3. The highest BCUT2D eigenvalue weighted by molar-refractivity contribution is 6.30. The number of benzene rings is 1. The Morgan fingerprint density at radius 1 is 1.26 bits per heavy atom. The van der Waals surface area contributed by atoms with E-state index in [-0.39, 0.29) is 6.04 Å². The smallest absolute Gasteiger partial charge is 0.149 e. The molecule has 0 aliphatic carbocycles. The molecule has 102 valence electrons. The van der Waals surface area contributed by atoms with E-state index in [1.54, 1.807) is 6.33 Å². The standard InChI is InChI=1S/C14H19ClN4/c1-10(8-12-4-6-13(15)7-5-12)17-11(2)14-18-16-9-19(14)3/h4-7,9-11,17H,8H2,1-3H3. The van der Waals surface area contributed by atoms with Crippen LogP contribution < -0.4 is 5.32 Å². The monoisotopic (exact) mass is 278 g/mol. The summed E-state index contributed by atoms with van der Waals surface area (Å²) < 4.78 is 1.94. The number of aryl methyl sites for hydroxylation is 1. The van der Waals surface area contributed by atoms with Crippen molar-refractivity contribution in [3.63, 3.8) is 0 Å². The van der Waals surface area contributed by atoms with Gasteiger partial charge in [-0.15, -0.1) is 10.2 Å². The Balaban J connectivity index is 1.92. The molecule has 1 heterocycles. The summed E-state index contributed by atoms with van der Waals surface area (Å²) in [7, 11) is 1.96. The van der Waals surface area contributed by atoms with Crippen LogP contribution >= 0.6 is 11.6 Å². The van der Waals surface area contributed by atoms with Gasteiger partial charge < -0.3 is 9.88 Å². The number of hydrogen-bond donors (Lipinski definition) is 1. The quantitative estimate of drug-likeness (QED) is 0.914. The highest BCUT2D eigenvalue weighted by Gasteiger charge is 2.14. The van der Waals surface area contributed by atoms with Crippen molar-refractivity contribution in [2.75, 3.05) is 0 Å². The molecule has 0 spiro atoms. The van der Waals surface area contributed by atoms with Crippen LogP contribution in [0.3, 0.4) is 0 Å². The fourth-order valence-corrected chi connectivity index (χ4v) is 2.34. The van der Waals surface area contributed by atoms with Crippen molar-refractivity contribution < 1.29 is 0 Å². The van der Waals surface area contributed by atoms with Crippen molar-refractivity contribution >= 4 is 11.6 Å². The summed E-state index contributed by atoms with van der Waals surface area (Å²) in [6, 6.07) is 8.51. The summed E-state index contributed by atoms with van der Waals surface area (Å²) in [6.07, 6.45) is 2.68. The van der Waals surface area contributed by atoms with Gasteiger partial charge in [0.1, 0.15) is 12.2 Å². The van der Waals surface area contributed by atoms with Crippen LogP contribution in [0.25, 0.3) is 0 Å². The van der Waals surface area contributed by atoms with Gasteiger partial charge in [0.15, 0.2) is 0 Å². The topological polar surface area (TPSA) is 42.7 Å². The molecule has 0 bridgehead atoms. The molecule has 2 atom stereocenters. The molecular weight excluding hydrogens is 260 g/mol. The first-order chi connectivity index (χ1) is 9.06. The Bertz CT molecular complexity index is 520. The third kappa shape index (κ3) is 3.78. The van der Waals surface area contributed by atoms with E-state index >= 15 is 0 Å². The summed E-state index contributed by atoms with van der Waals surface area (Å²) in [5.41, 5.74) is 1.27. The first kappa shape index (κ1) is 14.0. The molecule has 1 aromatic heterocycles. The van der Waals surface area contributed by atoms with Gasteiger partial charge in [0.25, 0.3) is 0 Å². The minimum absolute atomic E-state index is 0.176. The molecule has 0 fully saturated rings. The van der Waals surface area contributed by atoms with Crippen LogP contribution in [-0.4, -0.2) is 20.8 Å². The number of hydrogen-bond acceptors (Lipinski definition) is 3. The van der Waals surface area contributed by atoms with Crippen LogP contribution in [0.2, 0.25) is 5.02 Å². The second-order valence-corrected chi connectivity index (χ2v) is 5.36. The van der Waals surface area contributed by atoms with Gasteiger partial charge in [-0.3, -0.25) is 0 Å². The third-order valence-corrected chi connectivity index (χ3v) is 3.38. The molecule has 0 amide bonds. The molecular formula is C14H19ClN4. The highest BCUT2D eigenvalue weighted by Crippen LogP contribution is 2.13. The van der Waals surface area contributed by atoms with Gasteiger partial charge >= 0.3 is 0 Å². The Morgan fingerprint density at radius 3 is 2.53 bits per heavy atom. The van der Waals surface area contributed by atoms with Crippen LogP contribution in [0, 0.1) is 0 Å². The minimum Gasteiger partial charge on any atom is -0.319 e. The lowest BCUT2D eigenvalue weighted by atomic mass is 10.1. The lowest BCUT2D eigenvalue weighted by molar-refractivity contribution is 0.452. The van der Waals surface area contributed by atoms with Crippen LogP contribution in [0.1, 0.15) is 31.3 Å². The van der Waals surface area contributed by atoms with E-state index in [2.05, 4.69) is 41.5 Å². The van der Waals surface area contributed by atoms with E-state index in [9.17, 15) is 0 Å². The Kier molecular flexibility index (Phi) is 4.56. The van der Waals surface area contributed by atoms with Gasteiger partial charge in [0, 0.05) is 18.1 Å². The number of rotatable bonds is 5. The summed E-state index contributed by atoms with van der Waals surface area (Å²) in [6.45, 7) is 4.27. The van der Waals surface area contributed by atoms with Gasteiger partial charge in [-0.1, -0.05) is 23.7 Å². The Labute approximate surface area is 118 Å². The maximum absolute atomic E-state index is 5.88. The molecule has 2 aromatic rings. The Hall–Kier alpha value is -1.39. The molecule has 2 unspecified atom stereocenters. The van der Waals surface area contributed by atoms with Crippen molar-refractivity contribution in [3.05, 3.63) is 47.0 Å². The van der Waals surface area contributed by atoms with Crippen molar-refractivity contribution in [2.24, 2.45) is 7.05 Å². The molecule has 0 radical (unpaired) electrons. The Morgan fingerprint density at radius 2 is 1.95 bits per heavy atom. The lowest BCUT2D eigenvalue weighted by Gasteiger charge is -2.19. The number of nitrogens with zero attached hydrogens (tertiary/aromatic N) is 3. The molecule has 2 rings (SSSR count). The highest BCUT2D eigenvalue weighted by atomic mass is 35.5. The molecule has 0 aliphatic heterocycles. The first-order valence-corrected chi connectivity index (χ1v) is 6.78. The SMILES string of the molecule is CC(Cc1ccc(Cl)cc1)NC(C)c1nncn1C. The van der Waals surface area contributed by atoms with Crippen LogP contribution in [0.15, 0.2) is 30.6 Å². The van der Waals surface area contributed by atoms with E-state index in [1.807, 2.05) is 23.7 Å². The van der Waals surface area contributed by atoms with Crippen LogP contribution in [0.5, 0.6) is 0 Å². The summed E-state index contributed by atoms with van der Waals surface area (Å²) in [4.78, 5) is 0. The molecule has 1 N–H and O–H groups in total. The van der Waals surface area contributed by atoms with Crippen molar-refractivity contribution in [1.82, 2.24) is 20.1 Å². The molecule has 4 nitrogen and oxygen atoms in total. The number of halogens is 1. The van der Waals surface area contributed by atoms with Crippen LogP contribution in [0.4, 0.5) is 0 Å². The van der Waals surface area contributed by atoms with Gasteiger partial charge in [0.2, 0.25) is 0 Å². The normalized spacial score (nSPS) is 14.3. The van der Waals surface area contributed by atoms with E-state index in [0.717, 1.165) is 17.3 Å². The maximum atomic E-state index is 5.88. The maximum Gasteiger partial charge on any atom is 0.149 e. The van der Waals surface area contributed by atoms with E-state index in [0.29, 0.717) is 6.04 Å². The average molecular weight is 279 g/mol. The molecule has 19 heavy (non-hydrogen) atoms. The lowest BCUT2D eigenvalue weighted by Crippen LogP contribution is -2.32. The molecule has 5 heteroatoms. The number of nitrogens with one attached hydrogen (secondary N) is 1. The van der Waals surface area contributed by atoms with E-state index < -0.39 is 0 Å². The van der Waals surface area contributed by atoms with Crippen molar-refractivity contribution in [1.29, 1.82) is 0 Å². The minimum atomic E-state index is 0.176. The van der Waals surface area contributed by atoms with Gasteiger partial charge in [-0.2, -0.15) is 0 Å². The predicted octanol–water partition coefficient (Wildman–Crippen LogP) is 2.75. The fraction of sp³-hybridized carbons (Fsp3) is 0.429.